The number of benzene rings is 1. The van der Waals surface area contributed by atoms with Gasteiger partial charge in [0.1, 0.15) is 6.04 Å². The summed E-state index contributed by atoms with van der Waals surface area (Å²) in [5.74, 6) is -2.18. The fraction of sp³-hybridized carbons (Fsp3) is 0.429. The molecule has 3 N–H and O–H groups in total. The van der Waals surface area contributed by atoms with E-state index in [1.807, 2.05) is 0 Å². The molecule has 1 aromatic carbocycles. The lowest BCUT2D eigenvalue weighted by atomic mass is 9.93. The van der Waals surface area contributed by atoms with Crippen LogP contribution in [0.2, 0.25) is 0 Å². The van der Waals surface area contributed by atoms with E-state index in [4.69, 9.17) is 5.73 Å². The van der Waals surface area contributed by atoms with Crippen molar-refractivity contribution in [2.75, 3.05) is 6.54 Å². The maximum Gasteiger partial charge on any atom is 0.322 e. The first-order valence-corrected chi connectivity index (χ1v) is 8.33. The van der Waals surface area contributed by atoms with Gasteiger partial charge in [0, 0.05) is 12.1 Å². The molecule has 8 heteroatoms. The molecular weight excluding hydrogens is 308 g/mol. The summed E-state index contributed by atoms with van der Waals surface area (Å²) in [5, 5.41) is 9.35. The third-order valence-corrected chi connectivity index (χ3v) is 5.74. The second kappa shape index (κ2) is 6.05. The summed E-state index contributed by atoms with van der Waals surface area (Å²) in [6.07, 6.45) is 1.25. The third-order valence-electron chi connectivity index (χ3n) is 3.87. The van der Waals surface area contributed by atoms with E-state index in [1.54, 1.807) is 6.92 Å². The van der Waals surface area contributed by atoms with E-state index in [-0.39, 0.29) is 22.9 Å². The van der Waals surface area contributed by atoms with E-state index >= 15 is 0 Å². The van der Waals surface area contributed by atoms with E-state index < -0.39 is 27.9 Å². The molecule has 1 saturated heterocycles. The Bertz CT molecular complexity index is 701. The fourth-order valence-electron chi connectivity index (χ4n) is 2.73. The number of carbonyl (C=O) groups excluding carboxylic acids is 1. The van der Waals surface area contributed by atoms with Gasteiger partial charge in [-0.2, -0.15) is 4.31 Å². The summed E-state index contributed by atoms with van der Waals surface area (Å²) in [4.78, 5) is 22.5. The van der Waals surface area contributed by atoms with E-state index in [9.17, 15) is 23.1 Å². The van der Waals surface area contributed by atoms with E-state index in [1.165, 1.54) is 24.3 Å². The highest BCUT2D eigenvalue weighted by molar-refractivity contribution is 7.89. The van der Waals surface area contributed by atoms with Crippen LogP contribution in [0.5, 0.6) is 0 Å². The van der Waals surface area contributed by atoms with Gasteiger partial charge in [-0.3, -0.25) is 9.59 Å². The molecule has 2 atom stereocenters. The lowest BCUT2D eigenvalue weighted by Crippen LogP contribution is -2.51. The molecule has 0 aromatic heterocycles. The van der Waals surface area contributed by atoms with Gasteiger partial charge in [-0.25, -0.2) is 8.42 Å². The maximum absolute atomic E-state index is 12.7. The lowest BCUT2D eigenvalue weighted by Gasteiger charge is -2.36. The van der Waals surface area contributed by atoms with Crippen LogP contribution in [0.1, 0.15) is 30.1 Å². The Hall–Kier alpha value is -1.93. The Morgan fingerprint density at radius 3 is 2.64 bits per heavy atom. The Labute approximate surface area is 128 Å². The molecule has 1 aliphatic rings. The molecule has 1 aliphatic heterocycles. The number of carboxylic acids is 1. The van der Waals surface area contributed by atoms with Gasteiger partial charge in [0.25, 0.3) is 0 Å². The Morgan fingerprint density at radius 2 is 2.05 bits per heavy atom. The molecule has 0 saturated carbocycles. The van der Waals surface area contributed by atoms with Gasteiger partial charge < -0.3 is 10.8 Å². The zero-order valence-corrected chi connectivity index (χ0v) is 12.9. The van der Waals surface area contributed by atoms with Crippen molar-refractivity contribution in [1.82, 2.24) is 4.31 Å². The Morgan fingerprint density at radius 1 is 1.36 bits per heavy atom. The van der Waals surface area contributed by atoms with Crippen LogP contribution >= 0.6 is 0 Å². The number of hydrogen-bond donors (Lipinski definition) is 2. The van der Waals surface area contributed by atoms with Crippen molar-refractivity contribution in [3.05, 3.63) is 29.8 Å². The molecule has 7 nitrogen and oxygen atoms in total. The first kappa shape index (κ1) is 16.4. The van der Waals surface area contributed by atoms with Crippen molar-refractivity contribution in [2.24, 2.45) is 11.7 Å². The highest BCUT2D eigenvalue weighted by atomic mass is 32.2. The average molecular weight is 326 g/mol. The van der Waals surface area contributed by atoms with Crippen LogP contribution in [-0.2, 0) is 14.8 Å². The number of carboxylic acid groups (broad SMARTS) is 1. The van der Waals surface area contributed by atoms with Crippen LogP contribution in [0, 0.1) is 5.92 Å². The number of amides is 1. The van der Waals surface area contributed by atoms with Gasteiger partial charge in [0.05, 0.1) is 4.90 Å². The molecule has 1 heterocycles. The summed E-state index contributed by atoms with van der Waals surface area (Å²) in [7, 11) is -4.00. The number of piperidine rings is 1. The van der Waals surface area contributed by atoms with Crippen LogP contribution in [-0.4, -0.2) is 42.3 Å². The van der Waals surface area contributed by atoms with Gasteiger partial charge in [-0.05, 0) is 37.0 Å². The van der Waals surface area contributed by atoms with Crippen molar-refractivity contribution in [3.63, 3.8) is 0 Å². The quantitative estimate of drug-likeness (QED) is 0.842. The average Bonchev–Trinajstić information content (AvgIpc) is 2.46. The highest BCUT2D eigenvalue weighted by Crippen LogP contribution is 2.29. The second-order valence-corrected chi connectivity index (χ2v) is 7.30. The molecule has 0 radical (unpaired) electrons. The molecule has 120 valence electrons. The first-order valence-electron chi connectivity index (χ1n) is 6.89. The van der Waals surface area contributed by atoms with Crippen molar-refractivity contribution in [2.45, 2.75) is 30.7 Å². The number of nitrogens with zero attached hydrogens (tertiary/aromatic N) is 1. The lowest BCUT2D eigenvalue weighted by molar-refractivity contribution is -0.144. The van der Waals surface area contributed by atoms with Crippen LogP contribution < -0.4 is 5.73 Å². The molecule has 0 spiro atoms. The van der Waals surface area contributed by atoms with E-state index in [2.05, 4.69) is 0 Å². The molecule has 1 aromatic rings. The number of rotatable bonds is 4. The minimum atomic E-state index is -4.00. The topological polar surface area (TPSA) is 118 Å². The molecule has 0 bridgehead atoms. The summed E-state index contributed by atoms with van der Waals surface area (Å²) in [6.45, 7) is 1.87. The second-order valence-electron chi connectivity index (χ2n) is 5.41. The summed E-state index contributed by atoms with van der Waals surface area (Å²) in [6, 6.07) is 4.23. The number of nitrogens with two attached hydrogens (primary N) is 1. The summed E-state index contributed by atoms with van der Waals surface area (Å²) >= 11 is 0. The minimum absolute atomic E-state index is 0.0676. The molecule has 22 heavy (non-hydrogen) atoms. The zero-order valence-electron chi connectivity index (χ0n) is 12.1. The highest BCUT2D eigenvalue weighted by Gasteiger charge is 2.41. The number of aliphatic carboxylic acids is 1. The molecule has 0 unspecified atom stereocenters. The number of sulfonamides is 1. The minimum Gasteiger partial charge on any atom is -0.480 e. The normalized spacial score (nSPS) is 23.1. The standard InChI is InChI=1S/C14H18N2O5S/c1-9-4-3-7-16(12(9)14(18)19)22(20,21)11-6-2-5-10(8-11)13(15)17/h2,5-6,8-9,12H,3-4,7H2,1H3,(H2,15,17)(H,18,19)/t9-,12-/m1/s1. The van der Waals surface area contributed by atoms with E-state index in [0.717, 1.165) is 4.31 Å². The van der Waals surface area contributed by atoms with Crippen molar-refractivity contribution in [3.8, 4) is 0 Å². The molecule has 1 fully saturated rings. The largest absolute Gasteiger partial charge is 0.480 e. The van der Waals surface area contributed by atoms with Gasteiger partial charge in [-0.1, -0.05) is 13.0 Å². The number of primary amides is 1. The van der Waals surface area contributed by atoms with E-state index in [0.29, 0.717) is 12.8 Å². The smallest absolute Gasteiger partial charge is 0.322 e. The Kier molecular flexibility index (Phi) is 4.52. The third kappa shape index (κ3) is 2.97. The predicted octanol–water partition coefficient (Wildman–Crippen LogP) is 0.659. The predicted molar refractivity (Wildman–Crippen MR) is 78.7 cm³/mol. The first-order chi connectivity index (χ1) is 10.2. The molecule has 0 aliphatic carbocycles. The molecular formula is C14H18N2O5S. The van der Waals surface area contributed by atoms with Gasteiger partial charge in [0.2, 0.25) is 15.9 Å². The fourth-order valence-corrected chi connectivity index (χ4v) is 4.50. The van der Waals surface area contributed by atoms with Crippen LogP contribution in [0.3, 0.4) is 0 Å². The van der Waals surface area contributed by atoms with Crippen LogP contribution in [0.4, 0.5) is 0 Å². The van der Waals surface area contributed by atoms with Crippen molar-refractivity contribution in [1.29, 1.82) is 0 Å². The van der Waals surface area contributed by atoms with Gasteiger partial charge in [-0.15, -0.1) is 0 Å². The van der Waals surface area contributed by atoms with Gasteiger partial charge in [0.15, 0.2) is 0 Å². The van der Waals surface area contributed by atoms with Gasteiger partial charge >= 0.3 is 5.97 Å². The Balaban J connectivity index is 2.46. The molecule has 2 rings (SSSR count). The maximum atomic E-state index is 12.7. The van der Waals surface area contributed by atoms with Crippen LogP contribution in [0.15, 0.2) is 29.2 Å². The van der Waals surface area contributed by atoms with Crippen LogP contribution in [0.25, 0.3) is 0 Å². The summed E-state index contributed by atoms with van der Waals surface area (Å²) in [5.41, 5.74) is 5.23. The zero-order chi connectivity index (χ0) is 16.5. The summed E-state index contributed by atoms with van der Waals surface area (Å²) < 4.78 is 26.5. The number of hydrogen-bond acceptors (Lipinski definition) is 4. The van der Waals surface area contributed by atoms with Crippen molar-refractivity contribution >= 4 is 21.9 Å². The monoisotopic (exact) mass is 326 g/mol. The number of carbonyl (C=O) groups is 2. The SMILES string of the molecule is C[C@@H]1CCCN(S(=O)(=O)c2cccc(C(N)=O)c2)[C@H]1C(=O)O. The van der Waals surface area contributed by atoms with Crippen molar-refractivity contribution < 1.29 is 23.1 Å². The molecule has 1 amide bonds.